The predicted octanol–water partition coefficient (Wildman–Crippen LogP) is 1.05. The summed E-state index contributed by atoms with van der Waals surface area (Å²) in [6.07, 6.45) is 0.719. The second-order valence-corrected chi connectivity index (χ2v) is 4.34. The fourth-order valence-electron chi connectivity index (χ4n) is 2.09. The van der Waals surface area contributed by atoms with E-state index in [9.17, 15) is 10.2 Å². The van der Waals surface area contributed by atoms with Crippen LogP contribution in [0.4, 0.5) is 0 Å². The molecule has 0 amide bonds. The van der Waals surface area contributed by atoms with Gasteiger partial charge in [0.25, 0.3) is 0 Å². The molecule has 0 spiro atoms. The van der Waals surface area contributed by atoms with Gasteiger partial charge in [-0.05, 0) is 36.1 Å². The van der Waals surface area contributed by atoms with Crippen LogP contribution in [0.1, 0.15) is 23.7 Å². The first kappa shape index (κ1) is 12.4. The van der Waals surface area contributed by atoms with Gasteiger partial charge in [-0.25, -0.2) is 0 Å². The van der Waals surface area contributed by atoms with Crippen LogP contribution < -0.4 is 4.74 Å². The van der Waals surface area contributed by atoms with E-state index < -0.39 is 6.10 Å². The topological polar surface area (TPSA) is 58.9 Å². The Labute approximate surface area is 101 Å². The first-order valence-corrected chi connectivity index (χ1v) is 5.81. The Kier molecular flexibility index (Phi) is 3.99. The minimum absolute atomic E-state index is 0.217. The van der Waals surface area contributed by atoms with Crippen LogP contribution in [0, 0.1) is 0 Å². The molecule has 0 aromatic heterocycles. The molecule has 0 saturated carbocycles. The molecule has 0 fully saturated rings. The highest BCUT2D eigenvalue weighted by atomic mass is 16.5. The lowest BCUT2D eigenvalue weighted by atomic mass is 10.1. The minimum atomic E-state index is -0.612. The summed E-state index contributed by atoms with van der Waals surface area (Å²) in [7, 11) is 1.54. The molecule has 0 bridgehead atoms. The van der Waals surface area contributed by atoms with Crippen molar-refractivity contribution in [2.75, 3.05) is 20.3 Å². The van der Waals surface area contributed by atoms with Gasteiger partial charge >= 0.3 is 0 Å². The first-order valence-electron chi connectivity index (χ1n) is 5.81. The van der Waals surface area contributed by atoms with Crippen molar-refractivity contribution in [3.05, 3.63) is 29.3 Å². The van der Waals surface area contributed by atoms with Crippen molar-refractivity contribution in [2.24, 2.45) is 0 Å². The Morgan fingerprint density at radius 2 is 2.24 bits per heavy atom. The van der Waals surface area contributed by atoms with Gasteiger partial charge in [0.15, 0.2) is 0 Å². The number of benzene rings is 1. The normalized spacial score (nSPS) is 20.1. The van der Waals surface area contributed by atoms with Crippen LogP contribution in [0.3, 0.4) is 0 Å². The summed E-state index contributed by atoms with van der Waals surface area (Å²) >= 11 is 0. The maximum absolute atomic E-state index is 9.66. The van der Waals surface area contributed by atoms with Crippen molar-refractivity contribution in [1.82, 2.24) is 0 Å². The average Bonchev–Trinajstić information content (AvgIpc) is 2.69. The van der Waals surface area contributed by atoms with Gasteiger partial charge in [-0.15, -0.1) is 0 Å². The molecule has 0 aliphatic heterocycles. The lowest BCUT2D eigenvalue weighted by Gasteiger charge is -2.12. The summed E-state index contributed by atoms with van der Waals surface area (Å²) in [5, 5.41) is 19.1. The Hall–Kier alpha value is -1.10. The highest BCUT2D eigenvalue weighted by Gasteiger charge is 2.20. The minimum Gasteiger partial charge on any atom is -0.491 e. The molecule has 2 N–H and O–H groups in total. The molecule has 0 heterocycles. The van der Waals surface area contributed by atoms with E-state index in [2.05, 4.69) is 0 Å². The quantitative estimate of drug-likeness (QED) is 0.805. The van der Waals surface area contributed by atoms with E-state index in [0.717, 1.165) is 29.7 Å². The van der Waals surface area contributed by atoms with Gasteiger partial charge in [0.1, 0.15) is 18.5 Å². The molecule has 1 aliphatic rings. The third-order valence-corrected chi connectivity index (χ3v) is 2.96. The maximum atomic E-state index is 9.66. The van der Waals surface area contributed by atoms with E-state index in [-0.39, 0.29) is 19.3 Å². The van der Waals surface area contributed by atoms with Crippen molar-refractivity contribution in [2.45, 2.75) is 25.0 Å². The van der Waals surface area contributed by atoms with Crippen LogP contribution >= 0.6 is 0 Å². The summed E-state index contributed by atoms with van der Waals surface area (Å²) in [5.74, 6) is 0.730. The van der Waals surface area contributed by atoms with Gasteiger partial charge in [0, 0.05) is 7.11 Å². The monoisotopic (exact) mass is 238 g/mol. The SMILES string of the molecule is COCC(O)COc1ccc2c(c1)CC[C@@H]2O. The first-order chi connectivity index (χ1) is 8.20. The van der Waals surface area contributed by atoms with E-state index in [1.54, 1.807) is 7.11 Å². The highest BCUT2D eigenvalue weighted by Crippen LogP contribution is 2.33. The van der Waals surface area contributed by atoms with Gasteiger partial charge in [0.2, 0.25) is 0 Å². The molecule has 2 rings (SSSR count). The molecule has 2 atom stereocenters. The molecule has 17 heavy (non-hydrogen) atoms. The standard InChI is InChI=1S/C13H18O4/c1-16-7-10(14)8-17-11-3-4-12-9(6-11)2-5-13(12)15/h3-4,6,10,13-15H,2,5,7-8H2,1H3/t10?,13-/m0/s1. The van der Waals surface area contributed by atoms with Crippen molar-refractivity contribution >= 4 is 0 Å². The second kappa shape index (κ2) is 5.49. The van der Waals surface area contributed by atoms with Crippen molar-refractivity contribution in [1.29, 1.82) is 0 Å². The van der Waals surface area contributed by atoms with Crippen molar-refractivity contribution in [3.63, 3.8) is 0 Å². The molecule has 4 nitrogen and oxygen atoms in total. The summed E-state index contributed by atoms with van der Waals surface area (Å²) in [4.78, 5) is 0. The van der Waals surface area contributed by atoms with Crippen LogP contribution in [0.5, 0.6) is 5.75 Å². The molecule has 1 unspecified atom stereocenters. The third kappa shape index (κ3) is 2.97. The lowest BCUT2D eigenvalue weighted by molar-refractivity contribution is 0.0325. The molecule has 1 aliphatic carbocycles. The number of aliphatic hydroxyl groups is 2. The van der Waals surface area contributed by atoms with Crippen LogP contribution in [-0.2, 0) is 11.2 Å². The van der Waals surface area contributed by atoms with Gasteiger partial charge in [-0.2, -0.15) is 0 Å². The van der Waals surface area contributed by atoms with Crippen molar-refractivity contribution < 1.29 is 19.7 Å². The lowest BCUT2D eigenvalue weighted by Crippen LogP contribution is -2.22. The molecule has 94 valence electrons. The third-order valence-electron chi connectivity index (χ3n) is 2.96. The number of aliphatic hydroxyl groups excluding tert-OH is 2. The van der Waals surface area contributed by atoms with Crippen LogP contribution in [0.15, 0.2) is 18.2 Å². The Bertz CT molecular complexity index is 378. The second-order valence-electron chi connectivity index (χ2n) is 4.34. The molecular formula is C13H18O4. The van der Waals surface area contributed by atoms with Crippen LogP contribution in [0.2, 0.25) is 0 Å². The largest absolute Gasteiger partial charge is 0.491 e. The van der Waals surface area contributed by atoms with E-state index in [1.165, 1.54) is 0 Å². The molecule has 1 aromatic carbocycles. The molecule has 4 heteroatoms. The Balaban J connectivity index is 1.94. The van der Waals surface area contributed by atoms with E-state index in [1.807, 2.05) is 18.2 Å². The van der Waals surface area contributed by atoms with Gasteiger partial charge in [0.05, 0.1) is 12.7 Å². The molecular weight excluding hydrogens is 220 g/mol. The summed E-state index contributed by atoms with van der Waals surface area (Å²) in [6, 6.07) is 5.66. The number of fused-ring (bicyclic) bond motifs is 1. The van der Waals surface area contributed by atoms with E-state index in [0.29, 0.717) is 0 Å². The van der Waals surface area contributed by atoms with Crippen molar-refractivity contribution in [3.8, 4) is 5.75 Å². The van der Waals surface area contributed by atoms with Gasteiger partial charge in [-0.1, -0.05) is 6.07 Å². The predicted molar refractivity (Wildman–Crippen MR) is 63.1 cm³/mol. The molecule has 1 aromatic rings. The zero-order valence-electron chi connectivity index (χ0n) is 9.93. The zero-order chi connectivity index (χ0) is 12.3. The van der Waals surface area contributed by atoms with Crippen LogP contribution in [-0.4, -0.2) is 36.6 Å². The van der Waals surface area contributed by atoms with Crippen LogP contribution in [0.25, 0.3) is 0 Å². The number of aryl methyl sites for hydroxylation is 1. The fraction of sp³-hybridized carbons (Fsp3) is 0.538. The number of ether oxygens (including phenoxy) is 2. The Morgan fingerprint density at radius 1 is 1.41 bits per heavy atom. The van der Waals surface area contributed by atoms with Gasteiger partial charge < -0.3 is 19.7 Å². The smallest absolute Gasteiger partial charge is 0.119 e. The summed E-state index contributed by atoms with van der Waals surface area (Å²) in [6.45, 7) is 0.485. The zero-order valence-corrected chi connectivity index (χ0v) is 9.93. The number of hydrogen-bond donors (Lipinski definition) is 2. The number of rotatable bonds is 5. The fourth-order valence-corrected chi connectivity index (χ4v) is 2.09. The average molecular weight is 238 g/mol. The summed E-state index contributed by atoms with van der Waals surface area (Å²) in [5.41, 5.74) is 2.13. The number of hydrogen-bond acceptors (Lipinski definition) is 4. The van der Waals surface area contributed by atoms with E-state index in [4.69, 9.17) is 9.47 Å². The maximum Gasteiger partial charge on any atom is 0.119 e. The Morgan fingerprint density at radius 3 is 3.00 bits per heavy atom. The van der Waals surface area contributed by atoms with Gasteiger partial charge in [-0.3, -0.25) is 0 Å². The molecule has 0 saturated heterocycles. The molecule has 0 radical (unpaired) electrons. The summed E-state index contributed by atoms with van der Waals surface area (Å²) < 4.78 is 10.3. The van der Waals surface area contributed by atoms with E-state index >= 15 is 0 Å². The highest BCUT2D eigenvalue weighted by molar-refractivity contribution is 5.39. The number of methoxy groups -OCH3 is 1.